The molecule has 7 nitrogen and oxygen atoms in total. The summed E-state index contributed by atoms with van der Waals surface area (Å²) in [5.74, 6) is 0.112. The van der Waals surface area contributed by atoms with Crippen molar-refractivity contribution in [1.29, 1.82) is 0 Å². The minimum Gasteiger partial charge on any atom is -0.364 e. The smallest absolute Gasteiger partial charge is 0.329 e. The standard InChI is InChI=1S/C11H10ClN5O2/c12-11-15-7-9(17(18)19)10(16-11)14-6-4-8-3-1-2-5-13-8/h1-3,5,7H,4,6H2,(H,14,15,16). The van der Waals surface area contributed by atoms with E-state index in [2.05, 4.69) is 20.3 Å². The maximum Gasteiger partial charge on any atom is 0.329 e. The van der Waals surface area contributed by atoms with Crippen molar-refractivity contribution in [2.24, 2.45) is 0 Å². The number of pyridine rings is 1. The second-order valence-corrected chi connectivity index (χ2v) is 3.97. The van der Waals surface area contributed by atoms with Crippen molar-refractivity contribution in [2.75, 3.05) is 11.9 Å². The molecule has 0 radical (unpaired) electrons. The monoisotopic (exact) mass is 279 g/mol. The van der Waals surface area contributed by atoms with E-state index in [1.165, 1.54) is 0 Å². The average molecular weight is 280 g/mol. The average Bonchev–Trinajstić information content (AvgIpc) is 2.39. The van der Waals surface area contributed by atoms with Crippen molar-refractivity contribution in [3.05, 3.63) is 51.7 Å². The van der Waals surface area contributed by atoms with Gasteiger partial charge in [-0.2, -0.15) is 4.98 Å². The van der Waals surface area contributed by atoms with Crippen molar-refractivity contribution in [2.45, 2.75) is 6.42 Å². The fourth-order valence-electron chi connectivity index (χ4n) is 1.47. The lowest BCUT2D eigenvalue weighted by Gasteiger charge is -2.05. The summed E-state index contributed by atoms with van der Waals surface area (Å²) in [6.07, 6.45) is 3.40. The van der Waals surface area contributed by atoms with Crippen LogP contribution in [0, 0.1) is 10.1 Å². The molecule has 19 heavy (non-hydrogen) atoms. The van der Waals surface area contributed by atoms with Crippen molar-refractivity contribution < 1.29 is 4.92 Å². The molecule has 1 N–H and O–H groups in total. The van der Waals surface area contributed by atoms with E-state index in [0.29, 0.717) is 13.0 Å². The molecule has 0 atom stereocenters. The number of anilines is 1. The third kappa shape index (κ3) is 3.59. The lowest BCUT2D eigenvalue weighted by molar-refractivity contribution is -0.384. The van der Waals surface area contributed by atoms with Crippen LogP contribution < -0.4 is 5.32 Å². The van der Waals surface area contributed by atoms with Gasteiger partial charge >= 0.3 is 5.69 Å². The van der Waals surface area contributed by atoms with E-state index in [-0.39, 0.29) is 16.8 Å². The zero-order valence-electron chi connectivity index (χ0n) is 9.78. The van der Waals surface area contributed by atoms with Gasteiger partial charge in [0.05, 0.1) is 4.92 Å². The number of aromatic nitrogens is 3. The van der Waals surface area contributed by atoms with E-state index in [9.17, 15) is 10.1 Å². The quantitative estimate of drug-likeness (QED) is 0.512. The van der Waals surface area contributed by atoms with Crippen LogP contribution in [0.25, 0.3) is 0 Å². The Labute approximate surface area is 113 Å². The zero-order chi connectivity index (χ0) is 13.7. The van der Waals surface area contributed by atoms with Crippen LogP contribution in [-0.2, 0) is 6.42 Å². The molecule has 8 heteroatoms. The zero-order valence-corrected chi connectivity index (χ0v) is 10.5. The van der Waals surface area contributed by atoms with Gasteiger partial charge in [0.15, 0.2) is 0 Å². The predicted molar refractivity (Wildman–Crippen MR) is 70.1 cm³/mol. The molecule has 98 valence electrons. The Bertz CT molecular complexity index is 579. The molecular weight excluding hydrogens is 270 g/mol. The summed E-state index contributed by atoms with van der Waals surface area (Å²) < 4.78 is 0. The number of rotatable bonds is 5. The minimum absolute atomic E-state index is 0.0362. The first-order valence-corrected chi connectivity index (χ1v) is 5.85. The van der Waals surface area contributed by atoms with Crippen LogP contribution in [0.15, 0.2) is 30.6 Å². The number of nitrogens with one attached hydrogen (secondary N) is 1. The van der Waals surface area contributed by atoms with Gasteiger partial charge in [-0.05, 0) is 23.7 Å². The molecular formula is C11H10ClN5O2. The van der Waals surface area contributed by atoms with Crippen LogP contribution in [0.1, 0.15) is 5.69 Å². The summed E-state index contributed by atoms with van der Waals surface area (Å²) in [6, 6.07) is 5.58. The molecule has 0 aliphatic carbocycles. The van der Waals surface area contributed by atoms with Gasteiger partial charge in [-0.25, -0.2) is 4.98 Å². The Balaban J connectivity index is 2.03. The molecule has 2 aromatic rings. The normalized spacial score (nSPS) is 10.2. The number of hydrogen-bond acceptors (Lipinski definition) is 6. The number of nitrogens with zero attached hydrogens (tertiary/aromatic N) is 4. The highest BCUT2D eigenvalue weighted by atomic mass is 35.5. The molecule has 2 heterocycles. The summed E-state index contributed by atoms with van der Waals surface area (Å²) in [6.45, 7) is 0.463. The topological polar surface area (TPSA) is 93.8 Å². The lowest BCUT2D eigenvalue weighted by Crippen LogP contribution is -2.09. The van der Waals surface area contributed by atoms with Crippen LogP contribution in [-0.4, -0.2) is 26.4 Å². The fraction of sp³-hybridized carbons (Fsp3) is 0.182. The molecule has 0 saturated heterocycles. The van der Waals surface area contributed by atoms with Crippen molar-refractivity contribution >= 4 is 23.1 Å². The van der Waals surface area contributed by atoms with Gasteiger partial charge in [0, 0.05) is 24.9 Å². The molecule has 2 aromatic heterocycles. The second kappa shape index (κ2) is 6.05. The van der Waals surface area contributed by atoms with Gasteiger partial charge in [0.2, 0.25) is 11.1 Å². The molecule has 2 rings (SSSR count). The number of halogens is 1. The predicted octanol–water partition coefficient (Wildman–Crippen LogP) is 2.09. The molecule has 0 fully saturated rings. The Hall–Kier alpha value is -2.28. The summed E-state index contributed by atoms with van der Waals surface area (Å²) in [5, 5.41) is 13.6. The van der Waals surface area contributed by atoms with E-state index in [1.54, 1.807) is 6.20 Å². The number of hydrogen-bond donors (Lipinski definition) is 1. The minimum atomic E-state index is -0.556. The van der Waals surface area contributed by atoms with E-state index in [4.69, 9.17) is 11.6 Å². The molecule has 0 aromatic carbocycles. The summed E-state index contributed by atoms with van der Waals surface area (Å²) in [5.41, 5.74) is 0.684. The first-order chi connectivity index (χ1) is 9.16. The third-order valence-electron chi connectivity index (χ3n) is 2.34. The van der Waals surface area contributed by atoms with E-state index in [1.807, 2.05) is 18.2 Å². The first kappa shape index (κ1) is 13.2. The van der Waals surface area contributed by atoms with E-state index < -0.39 is 4.92 Å². The molecule has 0 aliphatic rings. The maximum absolute atomic E-state index is 10.8. The summed E-state index contributed by atoms with van der Waals surface area (Å²) >= 11 is 5.62. The lowest BCUT2D eigenvalue weighted by atomic mass is 10.3. The van der Waals surface area contributed by atoms with Crippen LogP contribution >= 0.6 is 11.6 Å². The van der Waals surface area contributed by atoms with Gasteiger partial charge in [-0.15, -0.1) is 0 Å². The highest BCUT2D eigenvalue weighted by molar-refractivity contribution is 6.28. The molecule has 0 aliphatic heterocycles. The van der Waals surface area contributed by atoms with E-state index in [0.717, 1.165) is 11.9 Å². The molecule has 0 unspecified atom stereocenters. The molecule has 0 saturated carbocycles. The van der Waals surface area contributed by atoms with Gasteiger partial charge in [0.1, 0.15) is 6.20 Å². The van der Waals surface area contributed by atoms with E-state index >= 15 is 0 Å². The summed E-state index contributed by atoms with van der Waals surface area (Å²) in [7, 11) is 0. The third-order valence-corrected chi connectivity index (χ3v) is 2.52. The van der Waals surface area contributed by atoms with Crippen molar-refractivity contribution in [3.8, 4) is 0 Å². The van der Waals surface area contributed by atoms with Gasteiger partial charge in [-0.3, -0.25) is 15.1 Å². The molecule has 0 bridgehead atoms. The Morgan fingerprint density at radius 3 is 2.89 bits per heavy atom. The van der Waals surface area contributed by atoms with Crippen LogP contribution in [0.2, 0.25) is 5.28 Å². The highest BCUT2D eigenvalue weighted by Crippen LogP contribution is 2.21. The van der Waals surface area contributed by atoms with Crippen LogP contribution in [0.3, 0.4) is 0 Å². The van der Waals surface area contributed by atoms with Crippen LogP contribution in [0.5, 0.6) is 0 Å². The second-order valence-electron chi connectivity index (χ2n) is 3.63. The SMILES string of the molecule is O=[N+]([O-])c1cnc(Cl)nc1NCCc1ccccn1. The number of nitro groups is 1. The highest BCUT2D eigenvalue weighted by Gasteiger charge is 2.16. The van der Waals surface area contributed by atoms with Gasteiger partial charge in [0.25, 0.3) is 0 Å². The Morgan fingerprint density at radius 2 is 2.21 bits per heavy atom. The Morgan fingerprint density at radius 1 is 1.37 bits per heavy atom. The largest absolute Gasteiger partial charge is 0.364 e. The molecule has 0 amide bonds. The molecule has 0 spiro atoms. The Kier molecular flexibility index (Phi) is 4.19. The maximum atomic E-state index is 10.8. The van der Waals surface area contributed by atoms with Crippen molar-refractivity contribution in [1.82, 2.24) is 15.0 Å². The van der Waals surface area contributed by atoms with Crippen molar-refractivity contribution in [3.63, 3.8) is 0 Å². The first-order valence-electron chi connectivity index (χ1n) is 5.47. The summed E-state index contributed by atoms with van der Waals surface area (Å²) in [4.78, 5) is 21.8. The fourth-order valence-corrected chi connectivity index (χ4v) is 1.61. The van der Waals surface area contributed by atoms with Gasteiger partial charge < -0.3 is 5.32 Å². The van der Waals surface area contributed by atoms with Gasteiger partial charge in [-0.1, -0.05) is 6.07 Å². The van der Waals surface area contributed by atoms with Crippen LogP contribution in [0.4, 0.5) is 11.5 Å².